The number of rotatable bonds is 8. The van der Waals surface area contributed by atoms with Gasteiger partial charge in [-0.2, -0.15) is 0 Å². The van der Waals surface area contributed by atoms with Crippen LogP contribution >= 0.6 is 0 Å². The second-order valence-electron chi connectivity index (χ2n) is 6.54. The number of benzene rings is 1. The van der Waals surface area contributed by atoms with E-state index in [0.717, 1.165) is 38.3 Å². The van der Waals surface area contributed by atoms with Crippen LogP contribution in [0.4, 0.5) is 0 Å². The zero-order valence-corrected chi connectivity index (χ0v) is 14.0. The lowest BCUT2D eigenvalue weighted by Crippen LogP contribution is -2.27. The molecule has 0 saturated heterocycles. The topological polar surface area (TPSA) is 24.5 Å². The molecule has 0 aromatic heterocycles. The van der Waals surface area contributed by atoms with Crippen LogP contribution in [-0.4, -0.2) is 36.7 Å². The second kappa shape index (κ2) is 7.28. The number of hydrogen-bond acceptors (Lipinski definition) is 3. The molecule has 0 fully saturated rings. The molecule has 0 bridgehead atoms. The summed E-state index contributed by atoms with van der Waals surface area (Å²) in [6, 6.07) is 6.59. The van der Waals surface area contributed by atoms with Crippen molar-refractivity contribution in [3.8, 4) is 5.75 Å². The molecule has 1 aromatic carbocycles. The fourth-order valence-electron chi connectivity index (χ4n) is 2.97. The molecular weight excluding hydrogens is 260 g/mol. The maximum Gasteiger partial charge on any atom is 0.123 e. The van der Waals surface area contributed by atoms with Crippen molar-refractivity contribution in [3.63, 3.8) is 0 Å². The minimum absolute atomic E-state index is 0.0435. The smallest absolute Gasteiger partial charge is 0.123 e. The summed E-state index contributed by atoms with van der Waals surface area (Å²) >= 11 is 0. The van der Waals surface area contributed by atoms with Crippen LogP contribution < -0.4 is 10.1 Å². The van der Waals surface area contributed by atoms with E-state index < -0.39 is 0 Å². The number of fused-ring (bicyclic) bond motifs is 1. The Kier molecular flexibility index (Phi) is 5.65. The van der Waals surface area contributed by atoms with Gasteiger partial charge in [-0.15, -0.1) is 0 Å². The Morgan fingerprint density at radius 1 is 1.24 bits per heavy atom. The van der Waals surface area contributed by atoms with E-state index >= 15 is 0 Å². The molecule has 3 heteroatoms. The molecule has 1 aliphatic heterocycles. The minimum atomic E-state index is -0.0435. The van der Waals surface area contributed by atoms with E-state index in [1.165, 1.54) is 24.1 Å². The highest BCUT2D eigenvalue weighted by molar-refractivity contribution is 5.41. The Morgan fingerprint density at radius 2 is 2.00 bits per heavy atom. The summed E-state index contributed by atoms with van der Waals surface area (Å²) in [5.74, 6) is 1.06. The lowest BCUT2D eigenvalue weighted by Gasteiger charge is -2.17. The third-order valence-electron chi connectivity index (χ3n) is 4.18. The van der Waals surface area contributed by atoms with Crippen LogP contribution in [0.3, 0.4) is 0 Å². The van der Waals surface area contributed by atoms with Gasteiger partial charge in [0, 0.05) is 13.0 Å². The van der Waals surface area contributed by atoms with Gasteiger partial charge in [-0.25, -0.2) is 0 Å². The van der Waals surface area contributed by atoms with Crippen LogP contribution in [-0.2, 0) is 13.0 Å². The van der Waals surface area contributed by atoms with Crippen molar-refractivity contribution in [2.24, 2.45) is 0 Å². The molecule has 0 aliphatic carbocycles. The summed E-state index contributed by atoms with van der Waals surface area (Å²) in [6.07, 6.45) is 2.22. The molecule has 0 radical (unpaired) electrons. The molecule has 1 aromatic rings. The van der Waals surface area contributed by atoms with E-state index in [1.54, 1.807) is 0 Å². The molecule has 0 unspecified atom stereocenters. The van der Waals surface area contributed by atoms with Gasteiger partial charge < -0.3 is 15.0 Å². The highest BCUT2D eigenvalue weighted by Crippen LogP contribution is 2.35. The monoisotopic (exact) mass is 290 g/mol. The molecule has 0 amide bonds. The minimum Gasteiger partial charge on any atom is -0.487 e. The van der Waals surface area contributed by atoms with Crippen molar-refractivity contribution in [2.45, 2.75) is 52.7 Å². The van der Waals surface area contributed by atoms with Crippen molar-refractivity contribution < 1.29 is 4.74 Å². The predicted molar refractivity (Wildman–Crippen MR) is 89.0 cm³/mol. The van der Waals surface area contributed by atoms with Crippen molar-refractivity contribution >= 4 is 0 Å². The van der Waals surface area contributed by atoms with E-state index in [1.807, 2.05) is 0 Å². The SMILES string of the molecule is CCN(CC)CCCNCc1ccc2c(c1)CC(C)(C)O2. The molecule has 1 N–H and O–H groups in total. The molecule has 0 atom stereocenters. The fourth-order valence-corrected chi connectivity index (χ4v) is 2.97. The third kappa shape index (κ3) is 4.72. The molecule has 0 spiro atoms. The number of nitrogens with zero attached hydrogens (tertiary/aromatic N) is 1. The standard InChI is InChI=1S/C18H30N2O/c1-5-20(6-2)11-7-10-19-14-15-8-9-17-16(12-15)13-18(3,4)21-17/h8-9,12,19H,5-7,10-11,13-14H2,1-4H3. The van der Waals surface area contributed by atoms with Gasteiger partial charge in [-0.05, 0) is 63.6 Å². The number of nitrogens with one attached hydrogen (secondary N) is 1. The van der Waals surface area contributed by atoms with E-state index in [-0.39, 0.29) is 5.60 Å². The Balaban J connectivity index is 1.73. The normalized spacial score (nSPS) is 16.0. The van der Waals surface area contributed by atoms with Crippen LogP contribution in [0.5, 0.6) is 5.75 Å². The average Bonchev–Trinajstić information content (AvgIpc) is 2.76. The molecular formula is C18H30N2O. The summed E-state index contributed by atoms with van der Waals surface area (Å²) in [7, 11) is 0. The van der Waals surface area contributed by atoms with Crippen molar-refractivity contribution in [2.75, 3.05) is 26.2 Å². The van der Waals surface area contributed by atoms with Gasteiger partial charge in [-0.3, -0.25) is 0 Å². The number of ether oxygens (including phenoxy) is 1. The van der Waals surface area contributed by atoms with Gasteiger partial charge in [0.25, 0.3) is 0 Å². The molecule has 0 saturated carbocycles. The maximum atomic E-state index is 5.92. The first-order chi connectivity index (χ1) is 10.0. The van der Waals surface area contributed by atoms with E-state index in [9.17, 15) is 0 Å². The van der Waals surface area contributed by atoms with Gasteiger partial charge in [0.05, 0.1) is 0 Å². The van der Waals surface area contributed by atoms with E-state index in [0.29, 0.717) is 0 Å². The van der Waals surface area contributed by atoms with Crippen molar-refractivity contribution in [1.29, 1.82) is 0 Å². The number of hydrogen-bond donors (Lipinski definition) is 1. The average molecular weight is 290 g/mol. The van der Waals surface area contributed by atoms with Gasteiger partial charge in [-0.1, -0.05) is 26.0 Å². The largest absolute Gasteiger partial charge is 0.487 e. The molecule has 1 heterocycles. The van der Waals surface area contributed by atoms with E-state index in [4.69, 9.17) is 4.74 Å². The first-order valence-corrected chi connectivity index (χ1v) is 8.28. The van der Waals surface area contributed by atoms with Crippen LogP contribution in [0.2, 0.25) is 0 Å². The highest BCUT2D eigenvalue weighted by Gasteiger charge is 2.29. The van der Waals surface area contributed by atoms with Crippen LogP contribution in [0, 0.1) is 0 Å². The molecule has 3 nitrogen and oxygen atoms in total. The molecule has 1 aliphatic rings. The predicted octanol–water partition coefficient (Wildman–Crippen LogP) is 3.22. The highest BCUT2D eigenvalue weighted by atomic mass is 16.5. The first kappa shape index (κ1) is 16.3. The Labute approximate surface area is 129 Å². The summed E-state index contributed by atoms with van der Waals surface area (Å²) in [5, 5.41) is 3.55. The van der Waals surface area contributed by atoms with Crippen molar-refractivity contribution in [3.05, 3.63) is 29.3 Å². The fraction of sp³-hybridized carbons (Fsp3) is 0.667. The lowest BCUT2D eigenvalue weighted by molar-refractivity contribution is 0.138. The van der Waals surface area contributed by atoms with Crippen molar-refractivity contribution in [1.82, 2.24) is 10.2 Å². The third-order valence-corrected chi connectivity index (χ3v) is 4.18. The van der Waals surface area contributed by atoms with Crippen LogP contribution in [0.25, 0.3) is 0 Å². The Hall–Kier alpha value is -1.06. The zero-order valence-electron chi connectivity index (χ0n) is 14.0. The molecule has 21 heavy (non-hydrogen) atoms. The van der Waals surface area contributed by atoms with Gasteiger partial charge >= 0.3 is 0 Å². The lowest BCUT2D eigenvalue weighted by atomic mass is 10.0. The quantitative estimate of drug-likeness (QED) is 0.744. The zero-order chi connectivity index (χ0) is 15.3. The summed E-state index contributed by atoms with van der Waals surface area (Å²) in [5.41, 5.74) is 2.67. The maximum absolute atomic E-state index is 5.92. The van der Waals surface area contributed by atoms with Crippen LogP contribution in [0.1, 0.15) is 45.2 Å². The van der Waals surface area contributed by atoms with Gasteiger partial charge in [0.15, 0.2) is 0 Å². The molecule has 2 rings (SSSR count). The van der Waals surface area contributed by atoms with Crippen LogP contribution in [0.15, 0.2) is 18.2 Å². The van der Waals surface area contributed by atoms with Gasteiger partial charge in [0.2, 0.25) is 0 Å². The Bertz CT molecular complexity index is 453. The van der Waals surface area contributed by atoms with Gasteiger partial charge in [0.1, 0.15) is 11.4 Å². The van der Waals surface area contributed by atoms with E-state index in [2.05, 4.69) is 56.1 Å². The molecule has 118 valence electrons. The summed E-state index contributed by atoms with van der Waals surface area (Å²) in [4.78, 5) is 2.47. The summed E-state index contributed by atoms with van der Waals surface area (Å²) in [6.45, 7) is 14.3. The Morgan fingerprint density at radius 3 is 2.71 bits per heavy atom. The first-order valence-electron chi connectivity index (χ1n) is 8.28. The summed E-state index contributed by atoms with van der Waals surface area (Å²) < 4.78 is 5.92. The second-order valence-corrected chi connectivity index (χ2v) is 6.54.